The minimum absolute atomic E-state index is 0.0591. The van der Waals surface area contributed by atoms with E-state index in [-0.39, 0.29) is 11.8 Å². The standard InChI is InChI=1S/C13H14Cl2N4O/c14-6-11-18-10-5-8(15)7-16-13(10)19(11)4-3-12(20)17-9-1-2-9/h5,7,9H,1-4,6H2,(H,17,20). The summed E-state index contributed by atoms with van der Waals surface area (Å²) in [5.74, 6) is 1.04. The number of aryl methyl sites for hydroxylation is 1. The van der Waals surface area contributed by atoms with Gasteiger partial charge in [-0.15, -0.1) is 11.6 Å². The van der Waals surface area contributed by atoms with E-state index in [2.05, 4.69) is 15.3 Å². The fourth-order valence-corrected chi connectivity index (χ4v) is 2.47. The molecule has 0 unspecified atom stereocenters. The summed E-state index contributed by atoms with van der Waals surface area (Å²) >= 11 is 11.8. The first-order valence-corrected chi connectivity index (χ1v) is 7.44. The number of carbonyl (C=O) groups excluding carboxylic acids is 1. The lowest BCUT2D eigenvalue weighted by atomic mass is 10.3. The van der Waals surface area contributed by atoms with Crippen LogP contribution < -0.4 is 5.32 Å². The van der Waals surface area contributed by atoms with E-state index < -0.39 is 0 Å². The molecule has 0 spiro atoms. The molecule has 2 aromatic heterocycles. The van der Waals surface area contributed by atoms with Crippen LogP contribution >= 0.6 is 23.2 Å². The van der Waals surface area contributed by atoms with Crippen LogP contribution in [0.2, 0.25) is 5.02 Å². The van der Waals surface area contributed by atoms with Crippen LogP contribution in [0.5, 0.6) is 0 Å². The molecule has 1 aliphatic carbocycles. The number of nitrogens with zero attached hydrogens (tertiary/aromatic N) is 3. The molecule has 1 aliphatic rings. The quantitative estimate of drug-likeness (QED) is 0.863. The zero-order valence-corrected chi connectivity index (χ0v) is 12.3. The number of hydrogen-bond donors (Lipinski definition) is 1. The van der Waals surface area contributed by atoms with Crippen LogP contribution in [-0.4, -0.2) is 26.5 Å². The molecule has 0 saturated heterocycles. The van der Waals surface area contributed by atoms with E-state index >= 15 is 0 Å². The Morgan fingerprint density at radius 3 is 3.00 bits per heavy atom. The molecule has 2 aromatic rings. The summed E-state index contributed by atoms with van der Waals surface area (Å²) in [5, 5.41) is 3.50. The second-order valence-electron chi connectivity index (χ2n) is 4.90. The fourth-order valence-electron chi connectivity index (χ4n) is 2.11. The number of hydrogen-bond acceptors (Lipinski definition) is 3. The first-order valence-electron chi connectivity index (χ1n) is 6.53. The van der Waals surface area contributed by atoms with E-state index in [0.717, 1.165) is 12.8 Å². The summed E-state index contributed by atoms with van der Waals surface area (Å²) in [6.45, 7) is 0.520. The predicted molar refractivity (Wildman–Crippen MR) is 77.9 cm³/mol. The van der Waals surface area contributed by atoms with Crippen molar-refractivity contribution in [1.82, 2.24) is 19.9 Å². The van der Waals surface area contributed by atoms with Gasteiger partial charge in [0, 0.05) is 25.2 Å². The predicted octanol–water partition coefficient (Wildman–Crippen LogP) is 2.49. The molecular formula is C13H14Cl2N4O. The number of imidazole rings is 1. The van der Waals surface area contributed by atoms with Crippen molar-refractivity contribution in [1.29, 1.82) is 0 Å². The van der Waals surface area contributed by atoms with Gasteiger partial charge in [-0.05, 0) is 18.9 Å². The molecule has 0 radical (unpaired) electrons. The number of fused-ring (bicyclic) bond motifs is 1. The topological polar surface area (TPSA) is 59.8 Å². The third kappa shape index (κ3) is 2.88. The lowest BCUT2D eigenvalue weighted by molar-refractivity contribution is -0.121. The average molecular weight is 313 g/mol. The molecule has 0 aromatic carbocycles. The van der Waals surface area contributed by atoms with Crippen LogP contribution in [0.15, 0.2) is 12.3 Å². The van der Waals surface area contributed by atoms with Gasteiger partial charge in [0.15, 0.2) is 5.65 Å². The minimum Gasteiger partial charge on any atom is -0.353 e. The van der Waals surface area contributed by atoms with Gasteiger partial charge >= 0.3 is 0 Å². The molecule has 0 atom stereocenters. The van der Waals surface area contributed by atoms with Gasteiger partial charge in [0.2, 0.25) is 5.91 Å². The number of aromatic nitrogens is 3. The number of halogens is 2. The molecule has 0 aliphatic heterocycles. The van der Waals surface area contributed by atoms with Gasteiger partial charge in [0.05, 0.1) is 10.9 Å². The highest BCUT2D eigenvalue weighted by Crippen LogP contribution is 2.20. The zero-order chi connectivity index (χ0) is 14.1. The van der Waals surface area contributed by atoms with Crippen molar-refractivity contribution in [3.05, 3.63) is 23.1 Å². The van der Waals surface area contributed by atoms with Crippen molar-refractivity contribution in [2.45, 2.75) is 37.7 Å². The van der Waals surface area contributed by atoms with Gasteiger partial charge in [-0.3, -0.25) is 4.79 Å². The van der Waals surface area contributed by atoms with Gasteiger partial charge in [-0.2, -0.15) is 0 Å². The van der Waals surface area contributed by atoms with Crippen molar-refractivity contribution in [2.24, 2.45) is 0 Å². The summed E-state index contributed by atoms with van der Waals surface area (Å²) in [4.78, 5) is 20.4. The maximum atomic E-state index is 11.8. The number of pyridine rings is 1. The molecule has 1 N–H and O–H groups in total. The molecule has 2 heterocycles. The van der Waals surface area contributed by atoms with Crippen molar-refractivity contribution < 1.29 is 4.79 Å². The van der Waals surface area contributed by atoms with Crippen molar-refractivity contribution in [3.63, 3.8) is 0 Å². The number of carbonyl (C=O) groups is 1. The highest BCUT2D eigenvalue weighted by molar-refractivity contribution is 6.31. The molecular weight excluding hydrogens is 299 g/mol. The Bertz CT molecular complexity index is 651. The van der Waals surface area contributed by atoms with E-state index in [0.29, 0.717) is 41.0 Å². The third-order valence-electron chi connectivity index (χ3n) is 3.26. The Balaban J connectivity index is 1.79. The molecule has 1 fully saturated rings. The maximum absolute atomic E-state index is 11.8. The second kappa shape index (κ2) is 5.58. The number of alkyl halides is 1. The van der Waals surface area contributed by atoms with E-state index in [1.807, 2.05) is 4.57 Å². The summed E-state index contributed by atoms with van der Waals surface area (Å²) in [6.07, 6.45) is 4.15. The second-order valence-corrected chi connectivity index (χ2v) is 5.61. The van der Waals surface area contributed by atoms with Gasteiger partial charge in [-0.1, -0.05) is 11.6 Å². The summed E-state index contributed by atoms with van der Waals surface area (Å²) in [5.41, 5.74) is 1.42. The van der Waals surface area contributed by atoms with E-state index in [1.165, 1.54) is 0 Å². The first-order chi connectivity index (χ1) is 9.67. The van der Waals surface area contributed by atoms with E-state index in [9.17, 15) is 4.79 Å². The summed E-state index contributed by atoms with van der Waals surface area (Å²) in [6, 6.07) is 2.13. The number of nitrogens with one attached hydrogen (secondary N) is 1. The smallest absolute Gasteiger partial charge is 0.222 e. The molecule has 1 amide bonds. The van der Waals surface area contributed by atoms with Crippen LogP contribution in [-0.2, 0) is 17.2 Å². The van der Waals surface area contributed by atoms with Gasteiger partial charge in [0.25, 0.3) is 0 Å². The number of amides is 1. The largest absolute Gasteiger partial charge is 0.353 e. The molecule has 7 heteroatoms. The molecule has 106 valence electrons. The van der Waals surface area contributed by atoms with Crippen LogP contribution in [0, 0.1) is 0 Å². The van der Waals surface area contributed by atoms with E-state index in [4.69, 9.17) is 23.2 Å². The normalized spacial score (nSPS) is 14.7. The highest BCUT2D eigenvalue weighted by atomic mass is 35.5. The Kier molecular flexibility index (Phi) is 3.81. The van der Waals surface area contributed by atoms with Crippen LogP contribution in [0.25, 0.3) is 11.2 Å². The molecule has 5 nitrogen and oxygen atoms in total. The van der Waals surface area contributed by atoms with Crippen molar-refractivity contribution >= 4 is 40.3 Å². The van der Waals surface area contributed by atoms with Crippen LogP contribution in [0.1, 0.15) is 25.1 Å². The molecule has 20 heavy (non-hydrogen) atoms. The summed E-state index contributed by atoms with van der Waals surface area (Å²) < 4.78 is 1.88. The van der Waals surface area contributed by atoms with Crippen LogP contribution in [0.4, 0.5) is 0 Å². The lowest BCUT2D eigenvalue weighted by Gasteiger charge is -2.07. The zero-order valence-electron chi connectivity index (χ0n) is 10.8. The monoisotopic (exact) mass is 312 g/mol. The molecule has 3 rings (SSSR count). The van der Waals surface area contributed by atoms with Gasteiger partial charge in [-0.25, -0.2) is 9.97 Å². The Hall–Kier alpha value is -1.33. The maximum Gasteiger partial charge on any atom is 0.222 e. The molecule has 0 bridgehead atoms. The van der Waals surface area contributed by atoms with Crippen LogP contribution in [0.3, 0.4) is 0 Å². The minimum atomic E-state index is 0.0591. The lowest BCUT2D eigenvalue weighted by Crippen LogP contribution is -2.26. The van der Waals surface area contributed by atoms with Crippen molar-refractivity contribution in [2.75, 3.05) is 0 Å². The Morgan fingerprint density at radius 1 is 1.50 bits per heavy atom. The van der Waals surface area contributed by atoms with E-state index in [1.54, 1.807) is 12.3 Å². The highest BCUT2D eigenvalue weighted by Gasteiger charge is 2.23. The SMILES string of the molecule is O=C(CCn1c(CCl)nc2cc(Cl)cnc21)NC1CC1. The Labute approximate surface area is 126 Å². The Morgan fingerprint density at radius 2 is 2.30 bits per heavy atom. The fraction of sp³-hybridized carbons (Fsp3) is 0.462. The third-order valence-corrected chi connectivity index (χ3v) is 3.70. The first kappa shape index (κ1) is 13.6. The average Bonchev–Trinajstić information content (AvgIpc) is 3.16. The van der Waals surface area contributed by atoms with Gasteiger partial charge < -0.3 is 9.88 Å². The van der Waals surface area contributed by atoms with Gasteiger partial charge in [0.1, 0.15) is 11.3 Å². The summed E-state index contributed by atoms with van der Waals surface area (Å²) in [7, 11) is 0. The molecule has 1 saturated carbocycles. The van der Waals surface area contributed by atoms with Crippen molar-refractivity contribution in [3.8, 4) is 0 Å². The number of rotatable bonds is 5.